The Hall–Kier alpha value is -1.12. The predicted octanol–water partition coefficient (Wildman–Crippen LogP) is 1.82. The maximum atomic E-state index is 5.35. The van der Waals surface area contributed by atoms with Crippen molar-refractivity contribution in [3.63, 3.8) is 0 Å². The number of aromatic nitrogens is 2. The molecule has 62 valence electrons. The summed E-state index contributed by atoms with van der Waals surface area (Å²) in [5.74, 6) is 0.900. The molecule has 1 rings (SSSR count). The highest BCUT2D eigenvalue weighted by atomic mass is 15.1. The molecule has 0 fully saturated rings. The molecule has 0 unspecified atom stereocenters. The van der Waals surface area contributed by atoms with Crippen molar-refractivity contribution in [1.82, 2.24) is 10.2 Å². The Labute approximate surface area is 67.6 Å². The largest absolute Gasteiger partial charge is 0.382 e. The van der Waals surface area contributed by atoms with Crippen molar-refractivity contribution < 1.29 is 0 Å². The van der Waals surface area contributed by atoms with Gasteiger partial charge in [-0.05, 0) is 18.1 Å². The highest BCUT2D eigenvalue weighted by Gasteiger charge is 1.98. The topological polar surface area (TPSA) is 51.8 Å². The summed E-state index contributed by atoms with van der Waals surface area (Å²) in [5.41, 5.74) is 6.33. The monoisotopic (exact) mass is 153 g/mol. The van der Waals surface area contributed by atoms with Crippen LogP contribution in [0.5, 0.6) is 0 Å². The molecule has 3 nitrogen and oxygen atoms in total. The molecule has 0 radical (unpaired) electrons. The summed E-state index contributed by atoms with van der Waals surface area (Å²) in [7, 11) is 0. The maximum absolute atomic E-state index is 5.35. The zero-order valence-electron chi connectivity index (χ0n) is 6.20. The van der Waals surface area contributed by atoms with Crippen LogP contribution in [-0.2, 0) is 0 Å². The quantitative estimate of drug-likeness (QED) is 0.669. The molecule has 1 aromatic rings. The average Bonchev–Trinajstić information content (AvgIpc) is 1.88. The Bertz CT molecular complexity index is 203. The second-order valence-electron chi connectivity index (χ2n) is 2.54. The minimum absolute atomic E-state index is 0. The van der Waals surface area contributed by atoms with Gasteiger partial charge in [0, 0.05) is 0 Å². The van der Waals surface area contributed by atoms with Crippen LogP contribution < -0.4 is 5.73 Å². The van der Waals surface area contributed by atoms with Gasteiger partial charge in [0.05, 0.1) is 5.69 Å². The van der Waals surface area contributed by atoms with E-state index in [0.29, 0.717) is 11.7 Å². The van der Waals surface area contributed by atoms with Gasteiger partial charge < -0.3 is 5.73 Å². The first kappa shape index (κ1) is 9.88. The second kappa shape index (κ2) is 3.91. The molecule has 1 heterocycles. The molecule has 1 aromatic heterocycles. The lowest BCUT2D eigenvalue weighted by Crippen LogP contribution is -1.97. The zero-order valence-corrected chi connectivity index (χ0v) is 6.20. The van der Waals surface area contributed by atoms with E-state index >= 15 is 0 Å². The molecule has 0 amide bonds. The smallest absolute Gasteiger partial charge is 0.146 e. The predicted molar refractivity (Wildman–Crippen MR) is 47.3 cm³/mol. The Morgan fingerprint density at radius 1 is 1.27 bits per heavy atom. The SMILES string of the molecule is C.CC(C)c1ccc(N)nn1. The molecule has 0 aromatic carbocycles. The summed E-state index contributed by atoms with van der Waals surface area (Å²) in [6, 6.07) is 3.66. The Kier molecular flexibility index (Phi) is 3.51. The van der Waals surface area contributed by atoms with E-state index in [-0.39, 0.29) is 7.43 Å². The van der Waals surface area contributed by atoms with Crippen LogP contribution >= 0.6 is 0 Å². The average molecular weight is 153 g/mol. The van der Waals surface area contributed by atoms with Gasteiger partial charge >= 0.3 is 0 Å². The molecule has 0 bridgehead atoms. The highest BCUT2D eigenvalue weighted by Crippen LogP contribution is 2.09. The molecule has 0 aliphatic carbocycles. The Morgan fingerprint density at radius 3 is 2.27 bits per heavy atom. The van der Waals surface area contributed by atoms with Crippen LogP contribution in [0.3, 0.4) is 0 Å². The summed E-state index contributed by atoms with van der Waals surface area (Å²) in [5, 5.41) is 7.63. The zero-order chi connectivity index (χ0) is 7.56. The normalized spacial score (nSPS) is 9.36. The second-order valence-corrected chi connectivity index (χ2v) is 2.54. The lowest BCUT2D eigenvalue weighted by molar-refractivity contribution is 0.788. The molecule has 0 aliphatic rings. The van der Waals surface area contributed by atoms with Crippen LogP contribution in [0, 0.1) is 0 Å². The van der Waals surface area contributed by atoms with Crippen molar-refractivity contribution in [3.8, 4) is 0 Å². The summed E-state index contributed by atoms with van der Waals surface area (Å²) >= 11 is 0. The number of nitrogens with zero attached hydrogens (tertiary/aromatic N) is 2. The summed E-state index contributed by atoms with van der Waals surface area (Å²) in [4.78, 5) is 0. The number of hydrogen-bond acceptors (Lipinski definition) is 3. The fraction of sp³-hybridized carbons (Fsp3) is 0.500. The maximum Gasteiger partial charge on any atom is 0.146 e. The third kappa shape index (κ3) is 2.53. The van der Waals surface area contributed by atoms with E-state index in [1.54, 1.807) is 6.07 Å². The molecule has 3 heteroatoms. The van der Waals surface area contributed by atoms with E-state index in [0.717, 1.165) is 5.69 Å². The van der Waals surface area contributed by atoms with Crippen LogP contribution in [0.15, 0.2) is 12.1 Å². The van der Waals surface area contributed by atoms with Crippen molar-refractivity contribution in [3.05, 3.63) is 17.8 Å². The van der Waals surface area contributed by atoms with E-state index in [9.17, 15) is 0 Å². The number of anilines is 1. The van der Waals surface area contributed by atoms with E-state index in [4.69, 9.17) is 5.73 Å². The van der Waals surface area contributed by atoms with Gasteiger partial charge in [-0.1, -0.05) is 21.3 Å². The van der Waals surface area contributed by atoms with Crippen LogP contribution in [-0.4, -0.2) is 10.2 Å². The highest BCUT2D eigenvalue weighted by molar-refractivity contribution is 5.26. The standard InChI is InChI=1S/C7H11N3.CH4/c1-5(2)6-3-4-7(8)10-9-6;/h3-5H,1-2H3,(H2,8,10);1H4. The molecule has 0 atom stereocenters. The fourth-order valence-electron chi connectivity index (χ4n) is 0.661. The van der Waals surface area contributed by atoms with Crippen molar-refractivity contribution in [2.45, 2.75) is 27.2 Å². The number of nitrogens with two attached hydrogens (primary N) is 1. The van der Waals surface area contributed by atoms with Crippen molar-refractivity contribution >= 4 is 5.82 Å². The van der Waals surface area contributed by atoms with Gasteiger partial charge in [0.1, 0.15) is 5.82 Å². The van der Waals surface area contributed by atoms with E-state index in [1.807, 2.05) is 6.07 Å². The number of nitrogen functional groups attached to an aromatic ring is 1. The van der Waals surface area contributed by atoms with Gasteiger partial charge in [-0.15, -0.1) is 5.10 Å². The minimum atomic E-state index is 0. The van der Waals surface area contributed by atoms with Crippen molar-refractivity contribution in [2.75, 3.05) is 5.73 Å². The molecular weight excluding hydrogens is 138 g/mol. The van der Waals surface area contributed by atoms with Crippen LogP contribution in [0.25, 0.3) is 0 Å². The number of hydrogen-bond donors (Lipinski definition) is 1. The molecule has 2 N–H and O–H groups in total. The Morgan fingerprint density at radius 2 is 1.91 bits per heavy atom. The molecule has 0 saturated carbocycles. The van der Waals surface area contributed by atoms with Gasteiger partial charge in [0.2, 0.25) is 0 Å². The first-order chi connectivity index (χ1) is 4.70. The van der Waals surface area contributed by atoms with Gasteiger partial charge in [-0.2, -0.15) is 5.10 Å². The summed E-state index contributed by atoms with van der Waals surface area (Å²) in [6.07, 6.45) is 0. The Balaban J connectivity index is 0.000001000. The van der Waals surface area contributed by atoms with Gasteiger partial charge in [-0.3, -0.25) is 0 Å². The molecule has 11 heavy (non-hydrogen) atoms. The lowest BCUT2D eigenvalue weighted by Gasteiger charge is -2.00. The first-order valence-electron chi connectivity index (χ1n) is 3.29. The van der Waals surface area contributed by atoms with Gasteiger partial charge in [0.15, 0.2) is 0 Å². The van der Waals surface area contributed by atoms with Crippen LogP contribution in [0.2, 0.25) is 0 Å². The van der Waals surface area contributed by atoms with Crippen molar-refractivity contribution in [1.29, 1.82) is 0 Å². The minimum Gasteiger partial charge on any atom is -0.382 e. The van der Waals surface area contributed by atoms with E-state index < -0.39 is 0 Å². The fourth-order valence-corrected chi connectivity index (χ4v) is 0.661. The summed E-state index contributed by atoms with van der Waals surface area (Å²) < 4.78 is 0. The van der Waals surface area contributed by atoms with Crippen molar-refractivity contribution in [2.24, 2.45) is 0 Å². The van der Waals surface area contributed by atoms with Gasteiger partial charge in [0.25, 0.3) is 0 Å². The molecule has 0 spiro atoms. The lowest BCUT2D eigenvalue weighted by atomic mass is 10.1. The number of rotatable bonds is 1. The molecule has 0 saturated heterocycles. The van der Waals surface area contributed by atoms with E-state index in [2.05, 4.69) is 24.0 Å². The van der Waals surface area contributed by atoms with Crippen LogP contribution in [0.1, 0.15) is 32.9 Å². The third-order valence-electron chi connectivity index (χ3n) is 1.30. The third-order valence-corrected chi connectivity index (χ3v) is 1.30. The summed E-state index contributed by atoms with van der Waals surface area (Å²) in [6.45, 7) is 4.14. The first-order valence-corrected chi connectivity index (χ1v) is 3.29. The molecular formula is C8H15N3. The van der Waals surface area contributed by atoms with E-state index in [1.165, 1.54) is 0 Å². The molecule has 0 aliphatic heterocycles. The van der Waals surface area contributed by atoms with Crippen LogP contribution in [0.4, 0.5) is 5.82 Å². The van der Waals surface area contributed by atoms with Gasteiger partial charge in [-0.25, -0.2) is 0 Å².